The van der Waals surface area contributed by atoms with Gasteiger partial charge < -0.3 is 15.5 Å². The number of carbonyl (C=O) groups excluding carboxylic acids is 1. The third kappa shape index (κ3) is 1.38. The average Bonchev–Trinajstić information content (AvgIpc) is 2.72. The zero-order valence-corrected chi connectivity index (χ0v) is 8.33. The Hall–Kier alpha value is -0.770. The molecule has 0 aromatic heterocycles. The number of carbonyl (C=O) groups is 1. The van der Waals surface area contributed by atoms with Crippen LogP contribution in [0.25, 0.3) is 0 Å². The van der Waals surface area contributed by atoms with Crippen LogP contribution < -0.4 is 10.6 Å². The van der Waals surface area contributed by atoms with Gasteiger partial charge in [0.1, 0.15) is 0 Å². The molecule has 2 N–H and O–H groups in total. The molecule has 3 rings (SSSR count). The number of rotatable bonds is 1. The predicted octanol–water partition coefficient (Wildman–Crippen LogP) is 0.152. The van der Waals surface area contributed by atoms with E-state index in [1.807, 2.05) is 4.90 Å². The van der Waals surface area contributed by atoms with Gasteiger partial charge in [0.15, 0.2) is 0 Å². The zero-order valence-electron chi connectivity index (χ0n) is 8.33. The van der Waals surface area contributed by atoms with Crippen LogP contribution in [0.15, 0.2) is 0 Å². The molecule has 0 bridgehead atoms. The fourth-order valence-corrected chi connectivity index (χ4v) is 2.59. The number of urea groups is 1. The van der Waals surface area contributed by atoms with Crippen molar-refractivity contribution < 1.29 is 4.79 Å². The van der Waals surface area contributed by atoms with Crippen LogP contribution in [0.3, 0.4) is 0 Å². The molecule has 0 unspecified atom stereocenters. The quantitative estimate of drug-likeness (QED) is 0.625. The maximum atomic E-state index is 11.8. The molecular weight excluding hydrogens is 178 g/mol. The van der Waals surface area contributed by atoms with Gasteiger partial charge in [0.2, 0.25) is 0 Å². The van der Waals surface area contributed by atoms with Gasteiger partial charge in [-0.05, 0) is 25.2 Å². The molecule has 3 aliphatic rings. The van der Waals surface area contributed by atoms with Crippen molar-refractivity contribution in [3.63, 3.8) is 0 Å². The highest BCUT2D eigenvalue weighted by atomic mass is 16.2. The highest BCUT2D eigenvalue weighted by Gasteiger charge is 2.40. The molecule has 2 heterocycles. The highest BCUT2D eigenvalue weighted by molar-refractivity contribution is 5.75. The summed E-state index contributed by atoms with van der Waals surface area (Å²) in [6, 6.07) is 1.12. The van der Waals surface area contributed by atoms with E-state index in [0.29, 0.717) is 18.0 Å². The van der Waals surface area contributed by atoms with Gasteiger partial charge in [-0.25, -0.2) is 4.79 Å². The van der Waals surface area contributed by atoms with Crippen LogP contribution in [0.1, 0.15) is 19.3 Å². The van der Waals surface area contributed by atoms with Gasteiger partial charge in [0.25, 0.3) is 0 Å². The molecule has 2 saturated heterocycles. The van der Waals surface area contributed by atoms with E-state index in [0.717, 1.165) is 19.6 Å². The van der Waals surface area contributed by atoms with Gasteiger partial charge in [-0.3, -0.25) is 0 Å². The van der Waals surface area contributed by atoms with Crippen LogP contribution in [0.5, 0.6) is 0 Å². The average molecular weight is 195 g/mol. The Morgan fingerprint density at radius 3 is 2.93 bits per heavy atom. The standard InChI is InChI=1S/C10H17N3O/c14-10(12-8-1-2-8)13-4-3-7-5-11-6-9(7)13/h7-9,11H,1-6H2,(H,12,14)/t7-,9+/m0/s1. The summed E-state index contributed by atoms with van der Waals surface area (Å²) in [6.07, 6.45) is 3.52. The predicted molar refractivity (Wildman–Crippen MR) is 53.0 cm³/mol. The zero-order chi connectivity index (χ0) is 9.54. The number of amides is 2. The van der Waals surface area contributed by atoms with E-state index in [1.54, 1.807) is 0 Å². The largest absolute Gasteiger partial charge is 0.335 e. The Morgan fingerprint density at radius 2 is 2.14 bits per heavy atom. The SMILES string of the molecule is O=C(NC1CC1)N1CC[C@H]2CNC[C@H]21. The minimum atomic E-state index is 0.170. The van der Waals surface area contributed by atoms with Gasteiger partial charge in [0.05, 0.1) is 0 Å². The molecule has 1 aliphatic carbocycles. The van der Waals surface area contributed by atoms with Crippen molar-refractivity contribution >= 4 is 6.03 Å². The summed E-state index contributed by atoms with van der Waals surface area (Å²) in [6.45, 7) is 3.04. The Labute approximate surface area is 84.0 Å². The maximum absolute atomic E-state index is 11.8. The molecule has 0 aromatic rings. The molecule has 2 aliphatic heterocycles. The second-order valence-corrected chi connectivity index (χ2v) is 4.69. The Morgan fingerprint density at radius 1 is 1.29 bits per heavy atom. The van der Waals surface area contributed by atoms with Gasteiger partial charge >= 0.3 is 6.03 Å². The van der Waals surface area contributed by atoms with Gasteiger partial charge in [0, 0.05) is 31.7 Å². The van der Waals surface area contributed by atoms with Crippen LogP contribution in [0.4, 0.5) is 4.79 Å². The molecule has 1 saturated carbocycles. The van der Waals surface area contributed by atoms with E-state index >= 15 is 0 Å². The van der Waals surface area contributed by atoms with Crippen molar-refractivity contribution in [1.29, 1.82) is 0 Å². The normalized spacial score (nSPS) is 35.9. The molecule has 0 spiro atoms. The lowest BCUT2D eigenvalue weighted by Crippen LogP contribution is -2.45. The van der Waals surface area contributed by atoms with Crippen molar-refractivity contribution in [2.75, 3.05) is 19.6 Å². The minimum absolute atomic E-state index is 0.170. The van der Waals surface area contributed by atoms with Crippen LogP contribution in [-0.2, 0) is 0 Å². The molecule has 0 radical (unpaired) electrons. The summed E-state index contributed by atoms with van der Waals surface area (Å²) in [5.41, 5.74) is 0. The van der Waals surface area contributed by atoms with Crippen LogP contribution in [0, 0.1) is 5.92 Å². The second kappa shape index (κ2) is 3.12. The van der Waals surface area contributed by atoms with Crippen LogP contribution >= 0.6 is 0 Å². The Kier molecular flexibility index (Phi) is 1.90. The van der Waals surface area contributed by atoms with E-state index in [9.17, 15) is 4.79 Å². The van der Waals surface area contributed by atoms with Gasteiger partial charge in [-0.15, -0.1) is 0 Å². The van der Waals surface area contributed by atoms with Crippen molar-refractivity contribution in [3.8, 4) is 0 Å². The van der Waals surface area contributed by atoms with Crippen LogP contribution in [0.2, 0.25) is 0 Å². The van der Waals surface area contributed by atoms with E-state index in [2.05, 4.69) is 10.6 Å². The van der Waals surface area contributed by atoms with Gasteiger partial charge in [-0.2, -0.15) is 0 Å². The number of likely N-dealkylation sites (tertiary alicyclic amines) is 1. The molecule has 4 nitrogen and oxygen atoms in total. The van der Waals surface area contributed by atoms with E-state index in [-0.39, 0.29) is 6.03 Å². The van der Waals surface area contributed by atoms with E-state index in [1.165, 1.54) is 19.3 Å². The van der Waals surface area contributed by atoms with Crippen molar-refractivity contribution in [1.82, 2.24) is 15.5 Å². The molecule has 4 heteroatoms. The van der Waals surface area contributed by atoms with Crippen molar-refractivity contribution in [3.05, 3.63) is 0 Å². The van der Waals surface area contributed by atoms with Crippen molar-refractivity contribution in [2.24, 2.45) is 5.92 Å². The fraction of sp³-hybridized carbons (Fsp3) is 0.900. The molecule has 14 heavy (non-hydrogen) atoms. The number of fused-ring (bicyclic) bond motifs is 1. The first-order valence-corrected chi connectivity index (χ1v) is 5.62. The summed E-state index contributed by atoms with van der Waals surface area (Å²) in [5.74, 6) is 0.708. The Balaban J connectivity index is 1.63. The van der Waals surface area contributed by atoms with Crippen molar-refractivity contribution in [2.45, 2.75) is 31.3 Å². The Bertz CT molecular complexity index is 252. The summed E-state index contributed by atoms with van der Waals surface area (Å²) < 4.78 is 0. The summed E-state index contributed by atoms with van der Waals surface area (Å²) >= 11 is 0. The summed E-state index contributed by atoms with van der Waals surface area (Å²) in [7, 11) is 0. The second-order valence-electron chi connectivity index (χ2n) is 4.69. The fourth-order valence-electron chi connectivity index (χ4n) is 2.59. The maximum Gasteiger partial charge on any atom is 0.317 e. The topological polar surface area (TPSA) is 44.4 Å². The first kappa shape index (κ1) is 8.53. The van der Waals surface area contributed by atoms with Gasteiger partial charge in [-0.1, -0.05) is 0 Å². The minimum Gasteiger partial charge on any atom is -0.335 e. The number of nitrogens with zero attached hydrogens (tertiary/aromatic N) is 1. The highest BCUT2D eigenvalue weighted by Crippen LogP contribution is 2.28. The summed E-state index contributed by atoms with van der Waals surface area (Å²) in [4.78, 5) is 13.9. The first-order valence-electron chi connectivity index (χ1n) is 5.62. The molecule has 2 amide bonds. The third-order valence-corrected chi connectivity index (χ3v) is 3.61. The molecule has 2 atom stereocenters. The molecule has 0 aromatic carbocycles. The lowest BCUT2D eigenvalue weighted by Gasteiger charge is -2.23. The first-order chi connectivity index (χ1) is 6.84. The third-order valence-electron chi connectivity index (χ3n) is 3.61. The lowest BCUT2D eigenvalue weighted by molar-refractivity contribution is 0.192. The van der Waals surface area contributed by atoms with Crippen LogP contribution in [-0.4, -0.2) is 42.6 Å². The van der Waals surface area contributed by atoms with E-state index in [4.69, 9.17) is 0 Å². The number of hydrogen-bond acceptors (Lipinski definition) is 2. The number of hydrogen-bond donors (Lipinski definition) is 2. The molecule has 78 valence electrons. The number of nitrogens with one attached hydrogen (secondary N) is 2. The van der Waals surface area contributed by atoms with E-state index < -0.39 is 0 Å². The molecular formula is C10H17N3O. The summed E-state index contributed by atoms with van der Waals surface area (Å²) in [5, 5.41) is 6.42. The molecule has 3 fully saturated rings. The monoisotopic (exact) mass is 195 g/mol. The lowest BCUT2D eigenvalue weighted by atomic mass is 10.1. The smallest absolute Gasteiger partial charge is 0.317 e.